The molecule has 0 aromatic heterocycles. The van der Waals surface area contributed by atoms with Gasteiger partial charge in [0.05, 0.1) is 0 Å². The van der Waals surface area contributed by atoms with E-state index < -0.39 is 0 Å². The summed E-state index contributed by atoms with van der Waals surface area (Å²) in [6.45, 7) is 9.77. The second-order valence-electron chi connectivity index (χ2n) is 3.02. The van der Waals surface area contributed by atoms with E-state index in [4.69, 9.17) is 6.58 Å². The maximum atomic E-state index is 5.36. The number of hydrogen-bond donors (Lipinski definition) is 0. The summed E-state index contributed by atoms with van der Waals surface area (Å²) < 4.78 is 0. The van der Waals surface area contributed by atoms with Crippen molar-refractivity contribution in [3.63, 3.8) is 0 Å². The van der Waals surface area contributed by atoms with Crippen LogP contribution in [0.1, 0.15) is 46.0 Å². The molecule has 0 aromatic rings. The van der Waals surface area contributed by atoms with Gasteiger partial charge in [-0.15, -0.1) is 0 Å². The van der Waals surface area contributed by atoms with E-state index >= 15 is 0 Å². The average Bonchev–Trinajstić information content (AvgIpc) is 1.98. The van der Waals surface area contributed by atoms with Crippen molar-refractivity contribution in [1.82, 2.24) is 0 Å². The lowest BCUT2D eigenvalue weighted by Crippen LogP contribution is -1.88. The van der Waals surface area contributed by atoms with Crippen molar-refractivity contribution < 1.29 is 0 Å². The van der Waals surface area contributed by atoms with Crippen LogP contribution in [-0.4, -0.2) is 0 Å². The van der Waals surface area contributed by atoms with Crippen LogP contribution < -0.4 is 0 Å². The zero-order valence-electron chi connectivity index (χ0n) is 7.27. The number of allylic oxidation sites excluding steroid dienone is 1. The van der Waals surface area contributed by atoms with Gasteiger partial charge in [-0.05, 0) is 12.3 Å². The third-order valence-electron chi connectivity index (χ3n) is 1.84. The molecule has 1 unspecified atom stereocenters. The minimum atomic E-state index is 0.608. The Kier molecular flexibility index (Phi) is 6.68. The second kappa shape index (κ2) is 6.85. The average molecular weight is 139 g/mol. The van der Waals surface area contributed by atoms with E-state index in [9.17, 15) is 0 Å². The van der Waals surface area contributed by atoms with Crippen LogP contribution in [0.3, 0.4) is 0 Å². The minimum Gasteiger partial charge on any atom is -0.0817 e. The summed E-state index contributed by atoms with van der Waals surface area (Å²) in [6, 6.07) is 0. The van der Waals surface area contributed by atoms with Crippen LogP contribution in [0, 0.1) is 12.5 Å². The molecule has 0 bridgehead atoms. The van der Waals surface area contributed by atoms with Crippen LogP contribution >= 0.6 is 0 Å². The van der Waals surface area contributed by atoms with Crippen LogP contribution in [-0.2, 0) is 0 Å². The summed E-state index contributed by atoms with van der Waals surface area (Å²) in [4.78, 5) is 0. The number of unbranched alkanes of at least 4 members (excludes halogenated alkanes) is 3. The van der Waals surface area contributed by atoms with Gasteiger partial charge in [-0.2, -0.15) is 0 Å². The molecule has 0 aliphatic rings. The molecular weight excluding hydrogens is 120 g/mol. The molecule has 59 valence electrons. The molecule has 0 saturated heterocycles. The lowest BCUT2D eigenvalue weighted by molar-refractivity contribution is 0.561. The van der Waals surface area contributed by atoms with Crippen molar-refractivity contribution in [3.8, 4) is 0 Å². The van der Waals surface area contributed by atoms with E-state index in [0.29, 0.717) is 5.92 Å². The molecule has 0 heteroatoms. The Hall–Kier alpha value is -0.260. The summed E-state index contributed by atoms with van der Waals surface area (Å²) in [6.07, 6.45) is 8.46. The summed E-state index contributed by atoms with van der Waals surface area (Å²) in [5.41, 5.74) is 0. The van der Waals surface area contributed by atoms with Gasteiger partial charge >= 0.3 is 0 Å². The molecule has 0 aromatic carbocycles. The summed E-state index contributed by atoms with van der Waals surface area (Å²) in [5.74, 6) is 0.608. The van der Waals surface area contributed by atoms with Gasteiger partial charge in [0.1, 0.15) is 0 Å². The monoisotopic (exact) mass is 139 g/mol. The van der Waals surface area contributed by atoms with Crippen LogP contribution in [0.5, 0.6) is 0 Å². The van der Waals surface area contributed by atoms with Crippen molar-refractivity contribution in [2.75, 3.05) is 0 Å². The Morgan fingerprint density at radius 3 is 2.50 bits per heavy atom. The van der Waals surface area contributed by atoms with Crippen molar-refractivity contribution in [1.29, 1.82) is 0 Å². The fourth-order valence-corrected chi connectivity index (χ4v) is 0.989. The summed E-state index contributed by atoms with van der Waals surface area (Å²) in [5, 5.41) is 0. The van der Waals surface area contributed by atoms with E-state index in [-0.39, 0.29) is 0 Å². The fraction of sp³-hybridized carbons (Fsp3) is 0.800. The predicted molar refractivity (Wildman–Crippen MR) is 46.8 cm³/mol. The highest BCUT2D eigenvalue weighted by Gasteiger charge is 1.94. The van der Waals surface area contributed by atoms with Gasteiger partial charge in [0, 0.05) is 0 Å². The Morgan fingerprint density at radius 1 is 1.30 bits per heavy atom. The van der Waals surface area contributed by atoms with Crippen molar-refractivity contribution in [3.05, 3.63) is 12.7 Å². The third kappa shape index (κ3) is 5.87. The Balaban J connectivity index is 2.95. The van der Waals surface area contributed by atoms with Crippen LogP contribution in [0.2, 0.25) is 0 Å². The van der Waals surface area contributed by atoms with E-state index in [2.05, 4.69) is 13.8 Å². The van der Waals surface area contributed by atoms with E-state index in [1.165, 1.54) is 32.1 Å². The standard InChI is InChI=1S/C10H19/c1-4-6-7-8-9-10(3)5-2/h2,5,10H,4,6-9H2,1,3H3. The molecule has 0 nitrogen and oxygen atoms in total. The Labute approximate surface area is 65.3 Å². The maximum absolute atomic E-state index is 5.36. The van der Waals surface area contributed by atoms with Gasteiger partial charge in [-0.25, -0.2) is 0 Å². The third-order valence-corrected chi connectivity index (χ3v) is 1.84. The number of hydrogen-bond acceptors (Lipinski definition) is 0. The molecule has 0 N–H and O–H groups in total. The lowest BCUT2D eigenvalue weighted by atomic mass is 10.0. The molecule has 1 atom stereocenters. The zero-order chi connectivity index (χ0) is 7.82. The molecule has 0 heterocycles. The van der Waals surface area contributed by atoms with Gasteiger partial charge in [0.15, 0.2) is 0 Å². The highest BCUT2D eigenvalue weighted by molar-refractivity contribution is 4.71. The van der Waals surface area contributed by atoms with E-state index in [1.807, 2.05) is 0 Å². The highest BCUT2D eigenvalue weighted by Crippen LogP contribution is 2.10. The normalized spacial score (nSPS) is 13.0. The maximum Gasteiger partial charge on any atom is -0.0259 e. The highest BCUT2D eigenvalue weighted by atomic mass is 14.0. The molecule has 1 radical (unpaired) electrons. The first-order chi connectivity index (χ1) is 4.81. The number of rotatable bonds is 6. The van der Waals surface area contributed by atoms with Gasteiger partial charge in [-0.1, -0.05) is 52.2 Å². The van der Waals surface area contributed by atoms with E-state index in [1.54, 1.807) is 6.08 Å². The predicted octanol–water partition coefficient (Wildman–Crippen LogP) is 3.58. The Morgan fingerprint density at radius 2 is 2.00 bits per heavy atom. The van der Waals surface area contributed by atoms with Gasteiger partial charge < -0.3 is 0 Å². The smallest absolute Gasteiger partial charge is 0.0259 e. The van der Waals surface area contributed by atoms with Crippen molar-refractivity contribution in [2.45, 2.75) is 46.0 Å². The molecule has 10 heavy (non-hydrogen) atoms. The summed E-state index contributed by atoms with van der Waals surface area (Å²) in [7, 11) is 0. The molecule has 0 aliphatic heterocycles. The van der Waals surface area contributed by atoms with Gasteiger partial charge in [0.2, 0.25) is 0 Å². The topological polar surface area (TPSA) is 0 Å². The van der Waals surface area contributed by atoms with Gasteiger partial charge in [0.25, 0.3) is 0 Å². The van der Waals surface area contributed by atoms with Gasteiger partial charge in [-0.3, -0.25) is 0 Å². The van der Waals surface area contributed by atoms with Crippen molar-refractivity contribution >= 4 is 0 Å². The quantitative estimate of drug-likeness (QED) is 0.493. The minimum absolute atomic E-state index is 0.608. The van der Waals surface area contributed by atoms with Crippen LogP contribution in [0.25, 0.3) is 0 Å². The lowest BCUT2D eigenvalue weighted by Gasteiger charge is -2.03. The molecular formula is C10H19. The Bertz CT molecular complexity index is 74.1. The molecule has 0 spiro atoms. The summed E-state index contributed by atoms with van der Waals surface area (Å²) >= 11 is 0. The first-order valence-electron chi connectivity index (χ1n) is 4.36. The molecule has 0 rings (SSSR count). The van der Waals surface area contributed by atoms with Crippen LogP contribution in [0.15, 0.2) is 6.08 Å². The second-order valence-corrected chi connectivity index (χ2v) is 3.02. The first kappa shape index (κ1) is 9.74. The van der Waals surface area contributed by atoms with E-state index in [0.717, 1.165) is 0 Å². The first-order valence-corrected chi connectivity index (χ1v) is 4.36. The zero-order valence-corrected chi connectivity index (χ0v) is 7.27. The largest absolute Gasteiger partial charge is 0.0817 e. The van der Waals surface area contributed by atoms with Crippen molar-refractivity contribution in [2.24, 2.45) is 5.92 Å². The fourth-order valence-electron chi connectivity index (χ4n) is 0.989. The molecule has 0 fully saturated rings. The molecule has 0 amide bonds. The molecule has 0 aliphatic carbocycles. The SMILES string of the molecule is [CH]=CC(C)CCCCCC. The molecule has 0 saturated carbocycles. The van der Waals surface area contributed by atoms with Crippen LogP contribution in [0.4, 0.5) is 0 Å².